The van der Waals surface area contributed by atoms with E-state index in [1.54, 1.807) is 6.07 Å². The Bertz CT molecular complexity index is 461. The molecular formula is C16H22F3NS. The first-order valence-electron chi connectivity index (χ1n) is 7.40. The first-order valence-corrected chi connectivity index (χ1v) is 8.45. The molecule has 1 nitrogen and oxygen atoms in total. The second-order valence-corrected chi connectivity index (χ2v) is 7.29. The van der Waals surface area contributed by atoms with Crippen molar-refractivity contribution in [1.82, 2.24) is 0 Å². The van der Waals surface area contributed by atoms with Gasteiger partial charge in [-0.1, -0.05) is 31.9 Å². The van der Waals surface area contributed by atoms with E-state index in [1.807, 2.05) is 11.8 Å². The quantitative estimate of drug-likeness (QED) is 0.844. The van der Waals surface area contributed by atoms with E-state index in [0.717, 1.165) is 12.0 Å². The Morgan fingerprint density at radius 2 is 2.10 bits per heavy atom. The molecule has 0 spiro atoms. The van der Waals surface area contributed by atoms with E-state index in [2.05, 4.69) is 6.92 Å². The standard InChI is InChI=1S/C16H22F3NS/c1-11-4-2-7-14(8-11)21-10-15(20)12-5-3-6-13(9-12)16(17,18)19/h3,5-6,9,11,14-15H,2,4,7-8,10,20H2,1H3. The molecule has 1 fully saturated rings. The summed E-state index contributed by atoms with van der Waals surface area (Å²) in [7, 11) is 0. The lowest BCUT2D eigenvalue weighted by atomic mass is 9.91. The van der Waals surface area contributed by atoms with Gasteiger partial charge in [-0.3, -0.25) is 0 Å². The summed E-state index contributed by atoms with van der Waals surface area (Å²) in [6.45, 7) is 2.26. The molecule has 1 aliphatic carbocycles. The van der Waals surface area contributed by atoms with E-state index in [1.165, 1.54) is 37.8 Å². The van der Waals surface area contributed by atoms with E-state index < -0.39 is 11.7 Å². The van der Waals surface area contributed by atoms with Crippen molar-refractivity contribution in [3.8, 4) is 0 Å². The topological polar surface area (TPSA) is 26.0 Å². The molecule has 5 heteroatoms. The highest BCUT2D eigenvalue weighted by Gasteiger charge is 2.30. The first-order chi connectivity index (χ1) is 9.86. The average Bonchev–Trinajstić information content (AvgIpc) is 2.44. The summed E-state index contributed by atoms with van der Waals surface area (Å²) < 4.78 is 38.1. The number of hydrogen-bond acceptors (Lipinski definition) is 2. The van der Waals surface area contributed by atoms with Crippen molar-refractivity contribution < 1.29 is 13.2 Å². The molecule has 0 saturated heterocycles. The Labute approximate surface area is 128 Å². The summed E-state index contributed by atoms with van der Waals surface area (Å²) in [5.74, 6) is 1.43. The van der Waals surface area contributed by atoms with E-state index in [9.17, 15) is 13.2 Å². The lowest BCUT2D eigenvalue weighted by Gasteiger charge is -2.27. The number of alkyl halides is 3. The minimum Gasteiger partial charge on any atom is -0.323 e. The predicted octanol–water partition coefficient (Wildman–Crippen LogP) is 5.02. The van der Waals surface area contributed by atoms with Gasteiger partial charge in [0.05, 0.1) is 5.56 Å². The van der Waals surface area contributed by atoms with Crippen LogP contribution < -0.4 is 5.73 Å². The molecule has 0 aromatic heterocycles. The largest absolute Gasteiger partial charge is 0.416 e. The Kier molecular flexibility index (Phi) is 5.60. The van der Waals surface area contributed by atoms with Crippen molar-refractivity contribution in [3.05, 3.63) is 35.4 Å². The van der Waals surface area contributed by atoms with Gasteiger partial charge in [-0.15, -0.1) is 0 Å². The summed E-state index contributed by atoms with van der Waals surface area (Å²) in [5, 5.41) is 0.602. The lowest BCUT2D eigenvalue weighted by molar-refractivity contribution is -0.137. The Hall–Kier alpha value is -0.680. The zero-order valence-corrected chi connectivity index (χ0v) is 13.0. The smallest absolute Gasteiger partial charge is 0.323 e. The highest BCUT2D eigenvalue weighted by atomic mass is 32.2. The summed E-state index contributed by atoms with van der Waals surface area (Å²) in [4.78, 5) is 0. The lowest BCUT2D eigenvalue weighted by Crippen LogP contribution is -2.20. The van der Waals surface area contributed by atoms with Crippen molar-refractivity contribution >= 4 is 11.8 Å². The van der Waals surface area contributed by atoms with E-state index in [-0.39, 0.29) is 6.04 Å². The van der Waals surface area contributed by atoms with Gasteiger partial charge < -0.3 is 5.73 Å². The van der Waals surface area contributed by atoms with Gasteiger partial charge in [0.1, 0.15) is 0 Å². The highest BCUT2D eigenvalue weighted by molar-refractivity contribution is 7.99. The fraction of sp³-hybridized carbons (Fsp3) is 0.625. The van der Waals surface area contributed by atoms with Gasteiger partial charge >= 0.3 is 6.18 Å². The average molecular weight is 317 g/mol. The molecule has 118 valence electrons. The normalized spacial score (nSPS) is 24.8. The summed E-state index contributed by atoms with van der Waals surface area (Å²) in [5.41, 5.74) is 6.02. The maximum absolute atomic E-state index is 12.7. The minimum absolute atomic E-state index is 0.338. The van der Waals surface area contributed by atoms with Crippen LogP contribution >= 0.6 is 11.8 Å². The monoisotopic (exact) mass is 317 g/mol. The zero-order valence-electron chi connectivity index (χ0n) is 12.2. The highest BCUT2D eigenvalue weighted by Crippen LogP contribution is 2.34. The number of rotatable bonds is 4. The van der Waals surface area contributed by atoms with Gasteiger partial charge in [0.25, 0.3) is 0 Å². The SMILES string of the molecule is CC1CCCC(SCC(N)c2cccc(C(F)(F)F)c2)C1. The van der Waals surface area contributed by atoms with Gasteiger partial charge in [0.2, 0.25) is 0 Å². The molecule has 0 bridgehead atoms. The molecule has 3 atom stereocenters. The number of nitrogens with two attached hydrogens (primary N) is 1. The molecule has 2 N–H and O–H groups in total. The van der Waals surface area contributed by atoms with Crippen LogP contribution in [-0.2, 0) is 6.18 Å². The van der Waals surface area contributed by atoms with Crippen LogP contribution in [0, 0.1) is 5.92 Å². The fourth-order valence-electron chi connectivity index (χ4n) is 2.81. The fourth-order valence-corrected chi connectivity index (χ4v) is 4.28. The van der Waals surface area contributed by atoms with Crippen LogP contribution in [0.3, 0.4) is 0 Å². The van der Waals surface area contributed by atoms with Gasteiger partial charge in [-0.25, -0.2) is 0 Å². The van der Waals surface area contributed by atoms with Crippen LogP contribution in [-0.4, -0.2) is 11.0 Å². The van der Waals surface area contributed by atoms with Crippen molar-refractivity contribution in [2.45, 2.75) is 50.1 Å². The first kappa shape index (κ1) is 16.7. The van der Waals surface area contributed by atoms with Gasteiger partial charge in [-0.2, -0.15) is 24.9 Å². The van der Waals surface area contributed by atoms with Gasteiger partial charge in [-0.05, 0) is 36.5 Å². The van der Waals surface area contributed by atoms with Crippen molar-refractivity contribution in [3.63, 3.8) is 0 Å². The van der Waals surface area contributed by atoms with Crippen LogP contribution in [0.2, 0.25) is 0 Å². The molecule has 1 aromatic carbocycles. The van der Waals surface area contributed by atoms with E-state index in [4.69, 9.17) is 5.73 Å². The summed E-state index contributed by atoms with van der Waals surface area (Å²) in [6, 6.07) is 5.05. The number of halogens is 3. The van der Waals surface area contributed by atoms with Crippen LogP contribution in [0.4, 0.5) is 13.2 Å². The second-order valence-electron chi connectivity index (χ2n) is 5.96. The predicted molar refractivity (Wildman–Crippen MR) is 82.3 cm³/mol. The van der Waals surface area contributed by atoms with Crippen LogP contribution in [0.15, 0.2) is 24.3 Å². The Morgan fingerprint density at radius 3 is 2.76 bits per heavy atom. The Balaban J connectivity index is 1.92. The number of thioether (sulfide) groups is 1. The molecule has 1 aliphatic rings. The molecule has 1 saturated carbocycles. The third-order valence-electron chi connectivity index (χ3n) is 4.04. The number of benzene rings is 1. The van der Waals surface area contributed by atoms with Crippen LogP contribution in [0.25, 0.3) is 0 Å². The molecule has 0 amide bonds. The van der Waals surface area contributed by atoms with Crippen LogP contribution in [0.1, 0.15) is 49.8 Å². The molecular weight excluding hydrogens is 295 g/mol. The van der Waals surface area contributed by atoms with Crippen molar-refractivity contribution in [2.75, 3.05) is 5.75 Å². The Morgan fingerprint density at radius 1 is 1.33 bits per heavy atom. The molecule has 0 radical (unpaired) electrons. The second kappa shape index (κ2) is 7.05. The van der Waals surface area contributed by atoms with Gasteiger partial charge in [0, 0.05) is 17.0 Å². The molecule has 3 unspecified atom stereocenters. The molecule has 0 heterocycles. The van der Waals surface area contributed by atoms with Gasteiger partial charge in [0.15, 0.2) is 0 Å². The maximum Gasteiger partial charge on any atom is 0.416 e. The summed E-state index contributed by atoms with van der Waals surface area (Å²) in [6.07, 6.45) is 0.625. The van der Waals surface area contributed by atoms with E-state index in [0.29, 0.717) is 16.6 Å². The molecule has 1 aromatic rings. The third-order valence-corrected chi connectivity index (χ3v) is 5.49. The molecule has 2 rings (SSSR count). The van der Waals surface area contributed by atoms with Crippen LogP contribution in [0.5, 0.6) is 0 Å². The number of hydrogen-bond donors (Lipinski definition) is 1. The molecule has 0 aliphatic heterocycles. The zero-order chi connectivity index (χ0) is 15.5. The third kappa shape index (κ3) is 4.92. The van der Waals surface area contributed by atoms with E-state index >= 15 is 0 Å². The van der Waals surface area contributed by atoms with Crippen molar-refractivity contribution in [2.24, 2.45) is 11.7 Å². The van der Waals surface area contributed by atoms with Crippen molar-refractivity contribution in [1.29, 1.82) is 0 Å². The molecule has 21 heavy (non-hydrogen) atoms. The summed E-state index contributed by atoms with van der Waals surface area (Å²) >= 11 is 1.81. The maximum atomic E-state index is 12.7. The minimum atomic E-state index is -4.30.